The molecule has 2 aromatic heterocycles. The molecule has 0 unspecified atom stereocenters. The quantitative estimate of drug-likeness (QED) is 0.312. The second kappa shape index (κ2) is 11.4. The molecule has 0 aliphatic carbocycles. The number of likely N-dealkylation sites (tertiary alicyclic amines) is 2. The van der Waals surface area contributed by atoms with Crippen LogP contribution in [0, 0.1) is 6.92 Å². The number of aliphatic hydroxyl groups excluding tert-OH is 1. The van der Waals surface area contributed by atoms with Crippen molar-refractivity contribution in [2.45, 2.75) is 51.4 Å². The normalized spacial score (nSPS) is 18.2. The van der Waals surface area contributed by atoms with Crippen molar-refractivity contribution in [1.29, 1.82) is 0 Å². The third-order valence-electron chi connectivity index (χ3n) is 8.28. The number of hydrogen-bond donors (Lipinski definition) is 3. The van der Waals surface area contributed by atoms with Gasteiger partial charge in [-0.1, -0.05) is 18.2 Å². The van der Waals surface area contributed by atoms with Crippen LogP contribution in [0.15, 0.2) is 53.1 Å². The largest absolute Gasteiger partial charge is 0.488 e. The summed E-state index contributed by atoms with van der Waals surface area (Å²) in [6.07, 6.45) is 5.32. The van der Waals surface area contributed by atoms with E-state index in [9.17, 15) is 9.90 Å². The summed E-state index contributed by atoms with van der Waals surface area (Å²) in [6.45, 7) is 8.51. The summed E-state index contributed by atoms with van der Waals surface area (Å²) in [6, 6.07) is 14.1. The van der Waals surface area contributed by atoms with Crippen LogP contribution in [-0.4, -0.2) is 77.2 Å². The van der Waals surface area contributed by atoms with E-state index in [2.05, 4.69) is 32.2 Å². The van der Waals surface area contributed by atoms with Gasteiger partial charge in [-0.3, -0.25) is 4.79 Å². The molecule has 3 N–H and O–H groups in total. The third-order valence-corrected chi connectivity index (χ3v) is 8.28. The second-order valence-corrected chi connectivity index (χ2v) is 11.1. The van der Waals surface area contributed by atoms with Crippen molar-refractivity contribution in [3.05, 3.63) is 65.5 Å². The predicted octanol–water partition coefficient (Wildman–Crippen LogP) is 4.45. The summed E-state index contributed by atoms with van der Waals surface area (Å²) in [7, 11) is 0. The van der Waals surface area contributed by atoms with Crippen molar-refractivity contribution in [1.82, 2.24) is 20.1 Å². The molecule has 2 saturated heterocycles. The zero-order valence-electron chi connectivity index (χ0n) is 22.6. The van der Waals surface area contributed by atoms with Gasteiger partial charge in [0, 0.05) is 67.2 Å². The molecule has 2 aliphatic rings. The summed E-state index contributed by atoms with van der Waals surface area (Å²) in [5.41, 5.74) is 4.45. The highest BCUT2D eigenvalue weighted by atomic mass is 16.5. The standard InChI is InChI=1S/C31H38N4O4/c1-21-5-6-25-22(20-39-30(25)17-21)19-38-29-4-2-3-27-26(29)18-28(33-27)31(37)32-23-7-11-34(12-8-23)15-16-35-13-9-24(36)10-14-35/h2-6,17-18,20,23-24,33,36H,7-16,19H2,1H3,(H,32,37). The minimum atomic E-state index is -0.121. The highest BCUT2D eigenvalue weighted by Gasteiger charge is 2.23. The van der Waals surface area contributed by atoms with Crippen LogP contribution in [0.1, 0.15) is 47.3 Å². The maximum atomic E-state index is 13.1. The summed E-state index contributed by atoms with van der Waals surface area (Å²) < 4.78 is 11.9. The Hall–Kier alpha value is -3.33. The first-order chi connectivity index (χ1) is 19.0. The summed E-state index contributed by atoms with van der Waals surface area (Å²) in [4.78, 5) is 21.3. The zero-order valence-corrected chi connectivity index (χ0v) is 22.6. The van der Waals surface area contributed by atoms with E-state index in [1.165, 1.54) is 0 Å². The van der Waals surface area contributed by atoms with E-state index in [-0.39, 0.29) is 18.1 Å². The number of aliphatic hydroxyl groups is 1. The smallest absolute Gasteiger partial charge is 0.267 e. The number of aromatic nitrogens is 1. The van der Waals surface area contributed by atoms with Crippen LogP contribution < -0.4 is 10.1 Å². The molecule has 1 amide bonds. The number of hydrogen-bond acceptors (Lipinski definition) is 6. The van der Waals surface area contributed by atoms with Crippen molar-refractivity contribution >= 4 is 27.8 Å². The summed E-state index contributed by atoms with van der Waals surface area (Å²) in [5.74, 6) is 0.666. The fourth-order valence-electron chi connectivity index (χ4n) is 5.82. The van der Waals surface area contributed by atoms with Crippen molar-refractivity contribution in [3.63, 3.8) is 0 Å². The minimum absolute atomic E-state index is 0.0707. The van der Waals surface area contributed by atoms with Crippen LogP contribution in [0.25, 0.3) is 21.9 Å². The van der Waals surface area contributed by atoms with E-state index in [0.717, 1.165) is 104 Å². The Balaban J connectivity index is 1.02. The molecule has 2 aromatic carbocycles. The number of ether oxygens (including phenoxy) is 1. The lowest BCUT2D eigenvalue weighted by Gasteiger charge is -2.35. The maximum Gasteiger partial charge on any atom is 0.267 e. The van der Waals surface area contributed by atoms with E-state index in [0.29, 0.717) is 12.3 Å². The van der Waals surface area contributed by atoms with Gasteiger partial charge in [-0.2, -0.15) is 0 Å². The molecule has 8 nitrogen and oxygen atoms in total. The number of furan rings is 1. The van der Waals surface area contributed by atoms with E-state index in [1.54, 1.807) is 6.26 Å². The van der Waals surface area contributed by atoms with E-state index in [1.807, 2.05) is 37.3 Å². The first-order valence-corrected chi connectivity index (χ1v) is 14.2. The van der Waals surface area contributed by atoms with Crippen molar-refractivity contribution in [2.24, 2.45) is 0 Å². The Kier molecular flexibility index (Phi) is 7.59. The van der Waals surface area contributed by atoms with Crippen LogP contribution in [0.2, 0.25) is 0 Å². The molecule has 0 spiro atoms. The number of carbonyl (C=O) groups excluding carboxylic acids is 1. The minimum Gasteiger partial charge on any atom is -0.488 e. The lowest BCUT2D eigenvalue weighted by atomic mass is 10.0. The number of aromatic amines is 1. The monoisotopic (exact) mass is 530 g/mol. The van der Waals surface area contributed by atoms with Gasteiger partial charge in [-0.05, 0) is 62.4 Å². The van der Waals surface area contributed by atoms with Gasteiger partial charge in [0.05, 0.1) is 12.4 Å². The molecule has 6 rings (SSSR count). The maximum absolute atomic E-state index is 13.1. The highest BCUT2D eigenvalue weighted by Crippen LogP contribution is 2.29. The zero-order chi connectivity index (χ0) is 26.8. The van der Waals surface area contributed by atoms with Gasteiger partial charge >= 0.3 is 0 Å². The second-order valence-electron chi connectivity index (χ2n) is 11.1. The molecular weight excluding hydrogens is 492 g/mol. The molecular formula is C31H38N4O4. The fraction of sp³-hybridized carbons (Fsp3) is 0.452. The Morgan fingerprint density at radius 3 is 2.54 bits per heavy atom. The third kappa shape index (κ3) is 5.98. The molecule has 2 fully saturated rings. The lowest BCUT2D eigenvalue weighted by Crippen LogP contribution is -2.47. The van der Waals surface area contributed by atoms with Gasteiger partial charge in [0.15, 0.2) is 0 Å². The van der Waals surface area contributed by atoms with Gasteiger partial charge in [0.2, 0.25) is 0 Å². The van der Waals surface area contributed by atoms with E-state index < -0.39 is 0 Å². The van der Waals surface area contributed by atoms with Crippen LogP contribution >= 0.6 is 0 Å². The topological polar surface area (TPSA) is 94.0 Å². The van der Waals surface area contributed by atoms with E-state index >= 15 is 0 Å². The first kappa shape index (κ1) is 25.9. The molecule has 39 heavy (non-hydrogen) atoms. The number of benzene rings is 2. The molecule has 8 heteroatoms. The predicted molar refractivity (Wildman–Crippen MR) is 152 cm³/mol. The average molecular weight is 531 g/mol. The number of rotatable bonds is 8. The molecule has 206 valence electrons. The molecule has 0 atom stereocenters. The van der Waals surface area contributed by atoms with Gasteiger partial charge in [0.1, 0.15) is 23.6 Å². The van der Waals surface area contributed by atoms with Gasteiger partial charge in [0.25, 0.3) is 5.91 Å². The summed E-state index contributed by atoms with van der Waals surface area (Å²) in [5, 5.41) is 14.9. The number of fused-ring (bicyclic) bond motifs is 2. The Bertz CT molecular complexity index is 1430. The average Bonchev–Trinajstić information content (AvgIpc) is 3.57. The number of piperidine rings is 2. The molecule has 0 radical (unpaired) electrons. The number of aryl methyl sites for hydroxylation is 1. The SMILES string of the molecule is Cc1ccc2c(COc3cccc4[nH]c(C(=O)NC5CCN(CCN6CCC(O)CC6)CC5)cc34)coc2c1. The Morgan fingerprint density at radius 2 is 1.77 bits per heavy atom. The number of nitrogens with zero attached hydrogens (tertiary/aromatic N) is 2. The molecule has 4 aromatic rings. The van der Waals surface area contributed by atoms with Crippen LogP contribution in [-0.2, 0) is 6.61 Å². The number of amides is 1. The molecule has 0 bridgehead atoms. The Labute approximate surface area is 228 Å². The van der Waals surface area contributed by atoms with Crippen molar-refractivity contribution in [3.8, 4) is 5.75 Å². The van der Waals surface area contributed by atoms with Gasteiger partial charge < -0.3 is 34.4 Å². The van der Waals surface area contributed by atoms with Crippen LogP contribution in [0.5, 0.6) is 5.75 Å². The van der Waals surface area contributed by atoms with Crippen LogP contribution in [0.3, 0.4) is 0 Å². The van der Waals surface area contributed by atoms with Crippen molar-refractivity contribution in [2.75, 3.05) is 39.3 Å². The number of H-pyrrole nitrogens is 1. The molecule has 4 heterocycles. The van der Waals surface area contributed by atoms with E-state index in [4.69, 9.17) is 9.15 Å². The highest BCUT2D eigenvalue weighted by molar-refractivity contribution is 5.99. The molecule has 0 saturated carbocycles. The fourth-order valence-corrected chi connectivity index (χ4v) is 5.82. The van der Waals surface area contributed by atoms with Crippen molar-refractivity contribution < 1.29 is 19.1 Å². The van der Waals surface area contributed by atoms with Gasteiger partial charge in [-0.15, -0.1) is 0 Å². The first-order valence-electron chi connectivity index (χ1n) is 14.2. The summed E-state index contributed by atoms with van der Waals surface area (Å²) >= 11 is 0. The van der Waals surface area contributed by atoms with Gasteiger partial charge in [-0.25, -0.2) is 0 Å². The number of carbonyl (C=O) groups is 1. The van der Waals surface area contributed by atoms with Crippen LogP contribution in [0.4, 0.5) is 0 Å². The Morgan fingerprint density at radius 1 is 1.03 bits per heavy atom. The lowest BCUT2D eigenvalue weighted by molar-refractivity contribution is 0.0729. The number of nitrogens with one attached hydrogen (secondary N) is 2. The molecule has 2 aliphatic heterocycles.